The molecule has 0 bridgehead atoms. The van der Waals surface area contributed by atoms with E-state index in [1.807, 2.05) is 12.2 Å². The number of halogens is 1. The van der Waals surface area contributed by atoms with Gasteiger partial charge in [0.15, 0.2) is 0 Å². The van der Waals surface area contributed by atoms with Crippen molar-refractivity contribution in [3.8, 4) is 0 Å². The van der Waals surface area contributed by atoms with Gasteiger partial charge in [-0.1, -0.05) is 40.4 Å². The lowest BCUT2D eigenvalue weighted by Crippen LogP contribution is -2.24. The molecule has 0 radical (unpaired) electrons. The van der Waals surface area contributed by atoms with Crippen molar-refractivity contribution in [2.45, 2.75) is 53.8 Å². The SMILES string of the molecule is Cc1c(C)c(C(=P)NC2=CC(C(C)F)=C(C(C)C)CC=C2)n2c1C=CC2. The van der Waals surface area contributed by atoms with Crippen LogP contribution in [0.25, 0.3) is 6.08 Å². The molecule has 0 amide bonds. The monoisotopic (exact) mass is 370 g/mol. The zero-order valence-corrected chi connectivity index (χ0v) is 17.3. The highest BCUT2D eigenvalue weighted by Gasteiger charge is 2.21. The Kier molecular flexibility index (Phi) is 5.39. The second kappa shape index (κ2) is 7.40. The molecule has 1 N–H and O–H groups in total. The second-order valence-corrected chi connectivity index (χ2v) is 7.95. The van der Waals surface area contributed by atoms with Crippen LogP contribution in [0.15, 0.2) is 41.1 Å². The second-order valence-electron chi connectivity index (χ2n) is 7.45. The maximum Gasteiger partial charge on any atom is 0.122 e. The molecule has 0 saturated heterocycles. The van der Waals surface area contributed by atoms with E-state index in [9.17, 15) is 4.39 Å². The molecule has 0 aromatic carbocycles. The average Bonchev–Trinajstić information content (AvgIpc) is 3.03. The Bertz CT molecular complexity index is 863. The van der Waals surface area contributed by atoms with Crippen molar-refractivity contribution in [1.82, 2.24) is 9.88 Å². The zero-order chi connectivity index (χ0) is 19.0. The molecule has 138 valence electrons. The topological polar surface area (TPSA) is 17.0 Å². The van der Waals surface area contributed by atoms with Gasteiger partial charge in [-0.3, -0.25) is 0 Å². The molecule has 1 aliphatic carbocycles. The summed E-state index contributed by atoms with van der Waals surface area (Å²) in [5.41, 5.74) is 8.76. The number of aromatic nitrogens is 1. The predicted octanol–water partition coefficient (Wildman–Crippen LogP) is 5.50. The minimum Gasteiger partial charge on any atom is -0.351 e. The summed E-state index contributed by atoms with van der Waals surface area (Å²) >= 11 is 0. The first-order valence-electron chi connectivity index (χ1n) is 9.28. The molecule has 4 heteroatoms. The van der Waals surface area contributed by atoms with E-state index >= 15 is 0 Å². The minimum absolute atomic E-state index is 0.334. The normalized spacial score (nSPS) is 17.4. The minimum atomic E-state index is -0.979. The van der Waals surface area contributed by atoms with Gasteiger partial charge in [0.1, 0.15) is 6.17 Å². The Morgan fingerprint density at radius 2 is 1.88 bits per heavy atom. The summed E-state index contributed by atoms with van der Waals surface area (Å²) < 4.78 is 16.6. The van der Waals surface area contributed by atoms with Gasteiger partial charge in [0, 0.05) is 17.9 Å². The Balaban J connectivity index is 1.93. The standard InChI is InChI=1S/C22H28FN2P/c1-13(2)18-9-6-8-17(12-19(18)16(5)23)24-22(26)21-15(4)14(3)20-10-7-11-25(20)21/h6-8,10,12-13,16,24,26H,9,11H2,1-5H3. The third kappa shape index (κ3) is 3.38. The van der Waals surface area contributed by atoms with Crippen LogP contribution >= 0.6 is 8.86 Å². The first-order chi connectivity index (χ1) is 12.3. The maximum absolute atomic E-state index is 14.3. The molecular weight excluding hydrogens is 342 g/mol. The third-order valence-corrected chi connectivity index (χ3v) is 5.74. The molecule has 1 aliphatic heterocycles. The van der Waals surface area contributed by atoms with Gasteiger partial charge in [-0.2, -0.15) is 0 Å². The fourth-order valence-electron chi connectivity index (χ4n) is 3.85. The van der Waals surface area contributed by atoms with Crippen LogP contribution in [0.5, 0.6) is 0 Å². The highest BCUT2D eigenvalue weighted by Crippen LogP contribution is 2.29. The van der Waals surface area contributed by atoms with Crippen molar-refractivity contribution in [3.63, 3.8) is 0 Å². The molecule has 3 rings (SSSR count). The lowest BCUT2D eigenvalue weighted by molar-refractivity contribution is 0.411. The van der Waals surface area contributed by atoms with E-state index in [-0.39, 0.29) is 0 Å². The van der Waals surface area contributed by atoms with Crippen LogP contribution in [0.4, 0.5) is 4.39 Å². The first kappa shape index (κ1) is 18.9. The Morgan fingerprint density at radius 1 is 1.15 bits per heavy atom. The number of hydrogen-bond acceptors (Lipinski definition) is 0. The van der Waals surface area contributed by atoms with Gasteiger partial charge in [0.05, 0.1) is 11.1 Å². The van der Waals surface area contributed by atoms with Crippen LogP contribution in [0.3, 0.4) is 0 Å². The molecule has 1 aromatic heterocycles. The molecule has 1 aromatic rings. The van der Waals surface area contributed by atoms with E-state index in [1.165, 1.54) is 22.4 Å². The molecular formula is C22H28FN2P. The predicted molar refractivity (Wildman–Crippen MR) is 113 cm³/mol. The summed E-state index contributed by atoms with van der Waals surface area (Å²) in [7, 11) is 3.80. The smallest absolute Gasteiger partial charge is 0.122 e. The summed E-state index contributed by atoms with van der Waals surface area (Å²) in [6, 6.07) is 0. The van der Waals surface area contributed by atoms with Crippen molar-refractivity contribution in [2.75, 3.05) is 0 Å². The summed E-state index contributed by atoms with van der Waals surface area (Å²) in [6.45, 7) is 11.1. The van der Waals surface area contributed by atoms with Gasteiger partial charge in [-0.25, -0.2) is 4.39 Å². The Labute approximate surface area is 158 Å². The lowest BCUT2D eigenvalue weighted by Gasteiger charge is -2.16. The molecule has 1 unspecified atom stereocenters. The summed E-state index contributed by atoms with van der Waals surface area (Å²) in [5.74, 6) is 0.334. The molecule has 2 heterocycles. The maximum atomic E-state index is 14.3. The summed E-state index contributed by atoms with van der Waals surface area (Å²) in [4.78, 5) is 0. The van der Waals surface area contributed by atoms with Gasteiger partial charge < -0.3 is 9.88 Å². The van der Waals surface area contributed by atoms with Crippen LogP contribution in [-0.2, 0) is 6.54 Å². The van der Waals surface area contributed by atoms with E-state index in [0.29, 0.717) is 5.92 Å². The van der Waals surface area contributed by atoms with Crippen LogP contribution in [0.1, 0.15) is 49.7 Å². The van der Waals surface area contributed by atoms with Crippen LogP contribution in [0.2, 0.25) is 0 Å². The van der Waals surface area contributed by atoms with Crippen molar-refractivity contribution >= 4 is 20.4 Å². The molecule has 0 spiro atoms. The van der Waals surface area contributed by atoms with Gasteiger partial charge in [-0.05, 0) is 68.0 Å². The van der Waals surface area contributed by atoms with Gasteiger partial charge >= 0.3 is 0 Å². The number of fused-ring (bicyclic) bond motifs is 1. The van der Waals surface area contributed by atoms with Gasteiger partial charge in [0.25, 0.3) is 0 Å². The van der Waals surface area contributed by atoms with Gasteiger partial charge in [0.2, 0.25) is 0 Å². The number of rotatable bonds is 5. The highest BCUT2D eigenvalue weighted by molar-refractivity contribution is 7.22. The summed E-state index contributed by atoms with van der Waals surface area (Å²) in [6.07, 6.45) is 10.3. The van der Waals surface area contributed by atoms with E-state index in [2.05, 4.69) is 64.7 Å². The first-order valence-corrected chi connectivity index (χ1v) is 9.78. The molecule has 26 heavy (non-hydrogen) atoms. The third-order valence-electron chi connectivity index (χ3n) is 5.37. The van der Waals surface area contributed by atoms with Crippen molar-refractivity contribution < 1.29 is 4.39 Å². The Hall–Kier alpha value is -1.86. The van der Waals surface area contributed by atoms with Crippen LogP contribution < -0.4 is 5.32 Å². The van der Waals surface area contributed by atoms with Crippen molar-refractivity contribution in [1.29, 1.82) is 0 Å². The van der Waals surface area contributed by atoms with Crippen LogP contribution in [-0.4, -0.2) is 16.2 Å². The van der Waals surface area contributed by atoms with Crippen LogP contribution in [0, 0.1) is 19.8 Å². The highest BCUT2D eigenvalue weighted by atomic mass is 31.0. The largest absolute Gasteiger partial charge is 0.351 e. The lowest BCUT2D eigenvalue weighted by atomic mass is 9.93. The van der Waals surface area contributed by atoms with E-state index in [4.69, 9.17) is 0 Å². The number of hydrogen-bond donors (Lipinski definition) is 1. The number of nitrogens with zero attached hydrogens (tertiary/aromatic N) is 1. The quantitative estimate of drug-likeness (QED) is 0.678. The van der Waals surface area contributed by atoms with E-state index < -0.39 is 6.17 Å². The zero-order valence-electron chi connectivity index (χ0n) is 16.3. The van der Waals surface area contributed by atoms with Gasteiger partial charge in [-0.15, -0.1) is 0 Å². The van der Waals surface area contributed by atoms with Crippen molar-refractivity contribution in [3.05, 3.63) is 63.7 Å². The summed E-state index contributed by atoms with van der Waals surface area (Å²) in [5, 5.41) is 3.46. The molecule has 2 aliphatic rings. The molecule has 0 saturated carbocycles. The number of nitrogens with one attached hydrogen (secondary N) is 1. The molecule has 0 fully saturated rings. The number of allylic oxidation sites excluding steroid dienone is 6. The fourth-order valence-corrected chi connectivity index (χ4v) is 4.32. The Morgan fingerprint density at radius 3 is 2.54 bits per heavy atom. The molecule has 1 atom stereocenters. The average molecular weight is 370 g/mol. The van der Waals surface area contributed by atoms with E-state index in [0.717, 1.165) is 35.3 Å². The number of alkyl halides is 1. The molecule has 2 nitrogen and oxygen atoms in total. The fraction of sp³-hybridized carbons (Fsp3) is 0.409. The van der Waals surface area contributed by atoms with E-state index in [1.54, 1.807) is 6.92 Å². The van der Waals surface area contributed by atoms with Crippen molar-refractivity contribution in [2.24, 2.45) is 5.92 Å².